The topological polar surface area (TPSA) is 43.2 Å². The van der Waals surface area contributed by atoms with E-state index < -0.39 is 0 Å². The quantitative estimate of drug-likeness (QED) is 0.225. The predicted octanol–water partition coefficient (Wildman–Crippen LogP) is 6.65. The normalized spacial score (nSPS) is 11.1. The van der Waals surface area contributed by atoms with E-state index in [1.807, 2.05) is 122 Å². The summed E-state index contributed by atoms with van der Waals surface area (Å²) in [5.41, 5.74) is 3.65. The first kappa shape index (κ1) is 21.1. The molecule has 0 heterocycles. The molecule has 4 heteroatoms. The van der Waals surface area contributed by atoms with Crippen molar-refractivity contribution in [3.63, 3.8) is 0 Å². The van der Waals surface area contributed by atoms with Crippen LogP contribution in [0, 0.1) is 0 Å². The molecule has 4 aromatic rings. The fourth-order valence-electron chi connectivity index (χ4n) is 3.06. The molecule has 0 atom stereocenters. The number of nitrogens with zero attached hydrogens (tertiary/aromatic N) is 2. The van der Waals surface area contributed by atoms with Gasteiger partial charge in [-0.25, -0.2) is 0 Å². The van der Waals surface area contributed by atoms with Crippen molar-refractivity contribution in [1.29, 1.82) is 0 Å². The average molecular weight is 421 g/mol. The van der Waals surface area contributed by atoms with Gasteiger partial charge in [0, 0.05) is 23.6 Å². The van der Waals surface area contributed by atoms with Crippen LogP contribution in [0.1, 0.15) is 11.1 Å². The molecule has 4 aromatic carbocycles. The van der Waals surface area contributed by atoms with Crippen LogP contribution in [0.5, 0.6) is 11.5 Å². The molecule has 0 saturated heterocycles. The summed E-state index contributed by atoms with van der Waals surface area (Å²) in [7, 11) is 0. The maximum atomic E-state index is 5.97. The molecule has 0 spiro atoms. The van der Waals surface area contributed by atoms with Crippen LogP contribution in [0.15, 0.2) is 119 Å². The minimum absolute atomic E-state index is 0.417. The van der Waals surface area contributed by atoms with Crippen LogP contribution in [-0.2, 0) is 0 Å². The predicted molar refractivity (Wildman–Crippen MR) is 131 cm³/mol. The molecule has 0 amide bonds. The van der Waals surface area contributed by atoms with Crippen molar-refractivity contribution in [3.05, 3.63) is 120 Å². The molecule has 4 rings (SSSR count). The lowest BCUT2D eigenvalue weighted by molar-refractivity contribution is 0.217. The third kappa shape index (κ3) is 6.16. The van der Waals surface area contributed by atoms with Crippen LogP contribution in [-0.4, -0.2) is 25.6 Å². The maximum absolute atomic E-state index is 5.97. The highest BCUT2D eigenvalue weighted by molar-refractivity contribution is 5.86. The van der Waals surface area contributed by atoms with E-state index in [-0.39, 0.29) is 0 Å². The first-order chi connectivity index (χ1) is 15.9. The lowest BCUT2D eigenvalue weighted by Gasteiger charge is -2.11. The molecule has 0 saturated carbocycles. The van der Waals surface area contributed by atoms with Crippen molar-refractivity contribution < 1.29 is 9.47 Å². The monoisotopic (exact) mass is 420 g/mol. The summed E-state index contributed by atoms with van der Waals surface area (Å²) in [6, 6.07) is 35.4. The SMILES string of the molecule is C(=Nc1ccccc1)c1ccccc1OCCOc1ccccc1C=Nc1ccccc1. The molecule has 0 fully saturated rings. The fourth-order valence-corrected chi connectivity index (χ4v) is 3.06. The zero-order valence-electron chi connectivity index (χ0n) is 17.7. The molecule has 0 N–H and O–H groups in total. The smallest absolute Gasteiger partial charge is 0.128 e. The van der Waals surface area contributed by atoms with Crippen LogP contribution in [0.25, 0.3) is 0 Å². The standard InChI is InChI=1S/C28H24N2O2/c1-3-13-25(14-4-1)29-21-23-11-7-9-17-27(23)31-19-20-32-28-18-10-8-12-24(28)22-30-26-15-5-2-6-16-26/h1-18,21-22H,19-20H2. The van der Waals surface area contributed by atoms with E-state index in [4.69, 9.17) is 9.47 Å². The van der Waals surface area contributed by atoms with Gasteiger partial charge in [-0.1, -0.05) is 60.7 Å². The summed E-state index contributed by atoms with van der Waals surface area (Å²) < 4.78 is 11.9. The average Bonchev–Trinajstić information content (AvgIpc) is 2.86. The van der Waals surface area contributed by atoms with Crippen LogP contribution < -0.4 is 9.47 Å². The number of rotatable bonds is 9. The van der Waals surface area contributed by atoms with Gasteiger partial charge in [0.05, 0.1) is 11.4 Å². The van der Waals surface area contributed by atoms with Crippen molar-refractivity contribution in [2.75, 3.05) is 13.2 Å². The molecule has 158 valence electrons. The van der Waals surface area contributed by atoms with E-state index in [9.17, 15) is 0 Å². The second kappa shape index (κ2) is 11.3. The van der Waals surface area contributed by atoms with Gasteiger partial charge in [0.1, 0.15) is 24.7 Å². The molecule has 0 aliphatic heterocycles. The lowest BCUT2D eigenvalue weighted by atomic mass is 10.2. The largest absolute Gasteiger partial charge is 0.489 e. The highest BCUT2D eigenvalue weighted by atomic mass is 16.5. The van der Waals surface area contributed by atoms with Crippen molar-refractivity contribution in [2.24, 2.45) is 9.98 Å². The van der Waals surface area contributed by atoms with E-state index in [0.29, 0.717) is 13.2 Å². The van der Waals surface area contributed by atoms with E-state index in [1.165, 1.54) is 0 Å². The fraction of sp³-hybridized carbons (Fsp3) is 0.0714. The summed E-state index contributed by atoms with van der Waals surface area (Å²) >= 11 is 0. The van der Waals surface area contributed by atoms with Gasteiger partial charge in [0.15, 0.2) is 0 Å². The van der Waals surface area contributed by atoms with Crippen LogP contribution in [0.2, 0.25) is 0 Å². The zero-order valence-corrected chi connectivity index (χ0v) is 17.7. The first-order valence-electron chi connectivity index (χ1n) is 10.5. The molecule has 4 nitrogen and oxygen atoms in total. The van der Waals surface area contributed by atoms with Crippen LogP contribution in [0.4, 0.5) is 11.4 Å². The Morgan fingerprint density at radius 1 is 0.469 bits per heavy atom. The highest BCUT2D eigenvalue weighted by Crippen LogP contribution is 2.20. The summed E-state index contributed by atoms with van der Waals surface area (Å²) in [4.78, 5) is 9.04. The molecule has 0 radical (unpaired) electrons. The van der Waals surface area contributed by atoms with Crippen LogP contribution >= 0.6 is 0 Å². The second-order valence-corrected chi connectivity index (χ2v) is 6.96. The number of aliphatic imine (C=N–C) groups is 2. The molecule has 32 heavy (non-hydrogen) atoms. The maximum Gasteiger partial charge on any atom is 0.128 e. The van der Waals surface area contributed by atoms with Gasteiger partial charge in [0.2, 0.25) is 0 Å². The second-order valence-electron chi connectivity index (χ2n) is 6.96. The Labute approximate surface area is 188 Å². The van der Waals surface area contributed by atoms with Crippen molar-refractivity contribution >= 4 is 23.8 Å². The Morgan fingerprint density at radius 3 is 1.28 bits per heavy atom. The van der Waals surface area contributed by atoms with Gasteiger partial charge >= 0.3 is 0 Å². The minimum atomic E-state index is 0.417. The summed E-state index contributed by atoms with van der Waals surface area (Å²) in [5, 5.41) is 0. The van der Waals surface area contributed by atoms with Gasteiger partial charge in [-0.3, -0.25) is 9.98 Å². The Hall–Kier alpha value is -4.18. The summed E-state index contributed by atoms with van der Waals surface area (Å²) in [6.45, 7) is 0.834. The van der Waals surface area contributed by atoms with Gasteiger partial charge < -0.3 is 9.47 Å². The number of benzene rings is 4. The van der Waals surface area contributed by atoms with E-state index in [1.54, 1.807) is 0 Å². The Balaban J connectivity index is 1.35. The van der Waals surface area contributed by atoms with Crippen molar-refractivity contribution in [2.45, 2.75) is 0 Å². The van der Waals surface area contributed by atoms with E-state index in [0.717, 1.165) is 34.0 Å². The highest BCUT2D eigenvalue weighted by Gasteiger charge is 2.03. The Bertz CT molecular complexity index is 1080. The lowest BCUT2D eigenvalue weighted by Crippen LogP contribution is -2.10. The van der Waals surface area contributed by atoms with Crippen molar-refractivity contribution in [3.8, 4) is 11.5 Å². The van der Waals surface area contributed by atoms with E-state index >= 15 is 0 Å². The van der Waals surface area contributed by atoms with Crippen LogP contribution in [0.3, 0.4) is 0 Å². The Morgan fingerprint density at radius 2 is 0.844 bits per heavy atom. The third-order valence-corrected chi connectivity index (χ3v) is 4.65. The van der Waals surface area contributed by atoms with E-state index in [2.05, 4.69) is 9.98 Å². The van der Waals surface area contributed by atoms with Gasteiger partial charge in [-0.2, -0.15) is 0 Å². The zero-order chi connectivity index (χ0) is 21.8. The minimum Gasteiger partial charge on any atom is -0.489 e. The molecule has 0 aliphatic carbocycles. The first-order valence-corrected chi connectivity index (χ1v) is 10.5. The van der Waals surface area contributed by atoms with Gasteiger partial charge in [-0.05, 0) is 48.5 Å². The number of hydrogen-bond donors (Lipinski definition) is 0. The summed E-state index contributed by atoms with van der Waals surface area (Å²) in [5.74, 6) is 1.55. The molecule has 0 unspecified atom stereocenters. The number of ether oxygens (including phenoxy) is 2. The molecular formula is C28H24N2O2. The molecular weight excluding hydrogens is 396 g/mol. The van der Waals surface area contributed by atoms with Crippen molar-refractivity contribution in [1.82, 2.24) is 0 Å². The Kier molecular flexibility index (Phi) is 7.42. The molecule has 0 bridgehead atoms. The number of para-hydroxylation sites is 4. The molecule has 0 aliphatic rings. The summed E-state index contributed by atoms with van der Waals surface area (Å²) in [6.07, 6.45) is 3.64. The third-order valence-electron chi connectivity index (χ3n) is 4.65. The molecule has 0 aromatic heterocycles. The number of hydrogen-bond acceptors (Lipinski definition) is 4. The van der Waals surface area contributed by atoms with Gasteiger partial charge in [-0.15, -0.1) is 0 Å². The van der Waals surface area contributed by atoms with Gasteiger partial charge in [0.25, 0.3) is 0 Å².